The molecule has 0 aliphatic rings. The Morgan fingerprint density at radius 1 is 1.44 bits per heavy atom. The van der Waals surface area contributed by atoms with Crippen LogP contribution in [0.1, 0.15) is 13.8 Å². The highest BCUT2D eigenvalue weighted by Crippen LogP contribution is 2.35. The quantitative estimate of drug-likeness (QED) is 0.800. The number of methoxy groups -OCH3 is 2. The van der Waals surface area contributed by atoms with Crippen molar-refractivity contribution >= 4 is 22.4 Å². The van der Waals surface area contributed by atoms with Crippen molar-refractivity contribution in [1.29, 1.82) is 0 Å². The third kappa shape index (κ3) is 2.99. The van der Waals surface area contributed by atoms with E-state index in [1.54, 1.807) is 14.2 Å². The van der Waals surface area contributed by atoms with Crippen LogP contribution in [0.25, 0.3) is 0 Å². The van der Waals surface area contributed by atoms with Gasteiger partial charge in [-0.2, -0.15) is 4.37 Å². The largest absolute Gasteiger partial charge is 0.490 e. The zero-order chi connectivity index (χ0) is 12.1. The van der Waals surface area contributed by atoms with E-state index < -0.39 is 0 Å². The van der Waals surface area contributed by atoms with E-state index in [1.165, 1.54) is 11.5 Å². The van der Waals surface area contributed by atoms with Crippen molar-refractivity contribution in [3.63, 3.8) is 0 Å². The molecule has 16 heavy (non-hydrogen) atoms. The van der Waals surface area contributed by atoms with E-state index in [9.17, 15) is 0 Å². The predicted octanol–water partition coefficient (Wildman–Crippen LogP) is 1.82. The number of hydrogen-bond acceptors (Lipinski definition) is 6. The molecule has 1 aromatic rings. The fourth-order valence-electron chi connectivity index (χ4n) is 1.33. The number of hydrogen-bond donors (Lipinski definition) is 2. The number of nitrogen functional groups attached to an aromatic ring is 1. The number of nitrogens with one attached hydrogen (secondary N) is 1. The van der Waals surface area contributed by atoms with Gasteiger partial charge in [0.2, 0.25) is 0 Å². The second kappa shape index (κ2) is 5.91. The minimum Gasteiger partial charge on any atom is -0.490 e. The predicted molar refractivity (Wildman–Crippen MR) is 67.2 cm³/mol. The molecule has 0 radical (unpaired) electrons. The lowest BCUT2D eigenvalue weighted by Gasteiger charge is -2.21. The molecule has 1 atom stereocenters. The maximum Gasteiger partial charge on any atom is 0.197 e. The van der Waals surface area contributed by atoms with E-state index in [1.807, 2.05) is 0 Å². The molecule has 1 unspecified atom stereocenters. The average molecular weight is 245 g/mol. The lowest BCUT2D eigenvalue weighted by Crippen LogP contribution is -2.30. The minimum atomic E-state index is 0.221. The van der Waals surface area contributed by atoms with Crippen LogP contribution in [0.15, 0.2) is 0 Å². The standard InChI is InChI=1S/C10H19N3O2S/c1-6(2)7(5-14-3)12-10-8(15-4)9(11)13-16-10/h6-7,12H,5H2,1-4H3,(H2,11,13). The molecule has 0 saturated carbocycles. The van der Waals surface area contributed by atoms with Crippen LogP contribution < -0.4 is 15.8 Å². The first-order valence-corrected chi connectivity index (χ1v) is 5.92. The van der Waals surface area contributed by atoms with Crippen LogP contribution in [0.3, 0.4) is 0 Å². The first kappa shape index (κ1) is 13.1. The zero-order valence-electron chi connectivity index (χ0n) is 10.1. The van der Waals surface area contributed by atoms with Crippen molar-refractivity contribution in [2.45, 2.75) is 19.9 Å². The summed E-state index contributed by atoms with van der Waals surface area (Å²) in [5, 5.41) is 4.20. The van der Waals surface area contributed by atoms with E-state index in [4.69, 9.17) is 15.2 Å². The van der Waals surface area contributed by atoms with Gasteiger partial charge in [-0.15, -0.1) is 0 Å². The second-order valence-electron chi connectivity index (χ2n) is 3.88. The van der Waals surface area contributed by atoms with Gasteiger partial charge in [-0.1, -0.05) is 13.8 Å². The first-order valence-electron chi connectivity index (χ1n) is 5.14. The normalized spacial score (nSPS) is 12.8. The van der Waals surface area contributed by atoms with E-state index in [0.717, 1.165) is 5.00 Å². The molecule has 0 spiro atoms. The summed E-state index contributed by atoms with van der Waals surface area (Å²) in [6, 6.07) is 0.221. The van der Waals surface area contributed by atoms with Crippen molar-refractivity contribution < 1.29 is 9.47 Å². The number of aromatic nitrogens is 1. The average Bonchev–Trinajstić information content (AvgIpc) is 2.58. The molecule has 0 fully saturated rings. The monoisotopic (exact) mass is 245 g/mol. The van der Waals surface area contributed by atoms with Crippen LogP contribution in [0.2, 0.25) is 0 Å². The van der Waals surface area contributed by atoms with Gasteiger partial charge in [0.15, 0.2) is 16.6 Å². The van der Waals surface area contributed by atoms with Crippen molar-refractivity contribution in [1.82, 2.24) is 4.37 Å². The molecule has 0 aromatic carbocycles. The van der Waals surface area contributed by atoms with Gasteiger partial charge in [-0.05, 0) is 17.5 Å². The molecule has 0 amide bonds. The van der Waals surface area contributed by atoms with Gasteiger partial charge < -0.3 is 20.5 Å². The Labute approximate surface area is 100 Å². The topological polar surface area (TPSA) is 69.4 Å². The van der Waals surface area contributed by atoms with Gasteiger partial charge in [0.1, 0.15) is 0 Å². The minimum absolute atomic E-state index is 0.221. The van der Waals surface area contributed by atoms with Gasteiger partial charge in [0.25, 0.3) is 0 Å². The third-order valence-electron chi connectivity index (χ3n) is 2.35. The summed E-state index contributed by atoms with van der Waals surface area (Å²) in [6.45, 7) is 4.90. The summed E-state index contributed by atoms with van der Waals surface area (Å²) >= 11 is 1.31. The molecule has 5 nitrogen and oxygen atoms in total. The lowest BCUT2D eigenvalue weighted by atomic mass is 10.1. The van der Waals surface area contributed by atoms with Crippen molar-refractivity contribution in [2.24, 2.45) is 5.92 Å². The molecule has 6 heteroatoms. The van der Waals surface area contributed by atoms with Crippen molar-refractivity contribution in [2.75, 3.05) is 31.9 Å². The maximum atomic E-state index is 5.68. The van der Waals surface area contributed by atoms with E-state index in [-0.39, 0.29) is 6.04 Å². The van der Waals surface area contributed by atoms with Gasteiger partial charge in [0.05, 0.1) is 19.8 Å². The van der Waals surface area contributed by atoms with Crippen LogP contribution in [0.4, 0.5) is 10.8 Å². The number of nitrogens with zero attached hydrogens (tertiary/aromatic N) is 1. The molecule has 0 saturated heterocycles. The van der Waals surface area contributed by atoms with Crippen LogP contribution >= 0.6 is 11.5 Å². The number of ether oxygens (including phenoxy) is 2. The molecule has 0 bridgehead atoms. The van der Waals surface area contributed by atoms with E-state index >= 15 is 0 Å². The molecule has 3 N–H and O–H groups in total. The molecular weight excluding hydrogens is 226 g/mol. The SMILES string of the molecule is COCC(Nc1snc(N)c1OC)C(C)C. The molecule has 0 aliphatic heterocycles. The maximum absolute atomic E-state index is 5.68. The summed E-state index contributed by atoms with van der Waals surface area (Å²) in [5.74, 6) is 1.50. The fourth-order valence-corrected chi connectivity index (χ4v) is 2.08. The molecule has 0 aliphatic carbocycles. The van der Waals surface area contributed by atoms with Gasteiger partial charge in [0, 0.05) is 7.11 Å². The summed E-state index contributed by atoms with van der Waals surface area (Å²) in [4.78, 5) is 0. The summed E-state index contributed by atoms with van der Waals surface area (Å²) in [7, 11) is 3.28. The highest BCUT2D eigenvalue weighted by atomic mass is 32.1. The van der Waals surface area contributed by atoms with Crippen LogP contribution in [0, 0.1) is 5.92 Å². The van der Waals surface area contributed by atoms with Crippen molar-refractivity contribution in [3.05, 3.63) is 0 Å². The van der Waals surface area contributed by atoms with Gasteiger partial charge in [-0.25, -0.2) is 0 Å². The van der Waals surface area contributed by atoms with Gasteiger partial charge >= 0.3 is 0 Å². The molecule has 1 aromatic heterocycles. The third-order valence-corrected chi connectivity index (χ3v) is 3.12. The Balaban J connectivity index is 2.76. The fraction of sp³-hybridized carbons (Fsp3) is 0.700. The summed E-state index contributed by atoms with van der Waals surface area (Å²) < 4.78 is 14.4. The van der Waals surface area contributed by atoms with Crippen LogP contribution in [0.5, 0.6) is 5.75 Å². The van der Waals surface area contributed by atoms with Gasteiger partial charge in [-0.3, -0.25) is 0 Å². The Morgan fingerprint density at radius 2 is 2.12 bits per heavy atom. The Kier molecular flexibility index (Phi) is 4.82. The zero-order valence-corrected chi connectivity index (χ0v) is 10.9. The highest BCUT2D eigenvalue weighted by Gasteiger charge is 2.18. The molecule has 1 heterocycles. The smallest absolute Gasteiger partial charge is 0.197 e. The molecule has 1 rings (SSSR count). The summed E-state index contributed by atoms with van der Waals surface area (Å²) in [6.07, 6.45) is 0. The second-order valence-corrected chi connectivity index (χ2v) is 4.65. The van der Waals surface area contributed by atoms with E-state index in [2.05, 4.69) is 23.5 Å². The lowest BCUT2D eigenvalue weighted by molar-refractivity contribution is 0.171. The molecule has 92 valence electrons. The van der Waals surface area contributed by atoms with Crippen LogP contribution in [-0.2, 0) is 4.74 Å². The highest BCUT2D eigenvalue weighted by molar-refractivity contribution is 7.11. The Bertz CT molecular complexity index is 328. The van der Waals surface area contributed by atoms with E-state index in [0.29, 0.717) is 24.1 Å². The Morgan fingerprint density at radius 3 is 2.62 bits per heavy atom. The number of rotatable bonds is 6. The Hall–Kier alpha value is -1.01. The van der Waals surface area contributed by atoms with Crippen molar-refractivity contribution in [3.8, 4) is 5.75 Å². The summed E-state index contributed by atoms with van der Waals surface area (Å²) in [5.41, 5.74) is 5.68. The molecular formula is C10H19N3O2S. The first-order chi connectivity index (χ1) is 7.60. The number of nitrogens with two attached hydrogens (primary N) is 1. The number of anilines is 2. The van der Waals surface area contributed by atoms with Crippen LogP contribution in [-0.4, -0.2) is 31.2 Å².